The standard InChI is InChI=1S/C13H16N4O2/c1-12(2)13(3)15-10(18)16(17(13)11(19)14-12)9-7-5-4-6-8-9/h4-8H,1-3H3,(H,14,19)(H,15,18)/t13-/m0/s1. The second-order valence-corrected chi connectivity index (χ2v) is 5.52. The van der Waals surface area contributed by atoms with Crippen LogP contribution in [-0.4, -0.2) is 28.3 Å². The van der Waals surface area contributed by atoms with Crippen molar-refractivity contribution in [2.75, 3.05) is 5.01 Å². The van der Waals surface area contributed by atoms with Gasteiger partial charge >= 0.3 is 12.1 Å². The molecule has 100 valence electrons. The number of urea groups is 2. The number of fused-ring (bicyclic) bond motifs is 1. The molecular formula is C13H16N4O2. The van der Waals surface area contributed by atoms with E-state index >= 15 is 0 Å². The molecule has 2 aliphatic heterocycles. The lowest BCUT2D eigenvalue weighted by molar-refractivity contribution is 0.138. The molecule has 0 aliphatic carbocycles. The molecule has 6 heteroatoms. The van der Waals surface area contributed by atoms with Gasteiger partial charge in [-0.25, -0.2) is 9.59 Å². The number of amides is 4. The van der Waals surface area contributed by atoms with Crippen LogP contribution in [0.15, 0.2) is 30.3 Å². The number of carbonyl (C=O) groups is 2. The molecule has 0 unspecified atom stereocenters. The summed E-state index contributed by atoms with van der Waals surface area (Å²) in [5.74, 6) is 0. The van der Waals surface area contributed by atoms with Gasteiger partial charge in [-0.05, 0) is 32.9 Å². The van der Waals surface area contributed by atoms with Gasteiger partial charge in [0.2, 0.25) is 0 Å². The fraction of sp³-hybridized carbons (Fsp3) is 0.385. The highest BCUT2D eigenvalue weighted by atomic mass is 16.2. The Morgan fingerprint density at radius 2 is 1.58 bits per heavy atom. The molecule has 0 spiro atoms. The molecule has 3 rings (SSSR count). The first kappa shape index (κ1) is 11.8. The quantitative estimate of drug-likeness (QED) is 0.806. The van der Waals surface area contributed by atoms with E-state index in [0.717, 1.165) is 0 Å². The maximum absolute atomic E-state index is 12.2. The summed E-state index contributed by atoms with van der Waals surface area (Å²) in [6, 6.07) is 8.54. The van der Waals surface area contributed by atoms with Crippen LogP contribution in [0, 0.1) is 0 Å². The van der Waals surface area contributed by atoms with Gasteiger partial charge in [0.05, 0.1) is 11.2 Å². The Morgan fingerprint density at radius 3 is 2.21 bits per heavy atom. The summed E-state index contributed by atoms with van der Waals surface area (Å²) in [6.45, 7) is 5.62. The van der Waals surface area contributed by atoms with Gasteiger partial charge in [0.25, 0.3) is 0 Å². The number of hydrazine groups is 1. The highest BCUT2D eigenvalue weighted by Gasteiger charge is 2.63. The number of hydrogen-bond donors (Lipinski definition) is 2. The lowest BCUT2D eigenvalue weighted by Gasteiger charge is -2.36. The number of rotatable bonds is 1. The molecule has 6 nitrogen and oxygen atoms in total. The third-order valence-corrected chi connectivity index (χ3v) is 4.00. The van der Waals surface area contributed by atoms with Crippen LogP contribution in [0.3, 0.4) is 0 Å². The number of benzene rings is 1. The molecule has 4 amide bonds. The van der Waals surface area contributed by atoms with E-state index in [1.807, 2.05) is 39.0 Å². The molecule has 2 fully saturated rings. The minimum absolute atomic E-state index is 0.283. The number of hydrogen-bond acceptors (Lipinski definition) is 2. The zero-order valence-corrected chi connectivity index (χ0v) is 11.1. The first-order valence-corrected chi connectivity index (χ1v) is 6.16. The molecule has 0 bridgehead atoms. The maximum Gasteiger partial charge on any atom is 0.343 e. The molecular weight excluding hydrogens is 244 g/mol. The Bertz CT molecular complexity index is 557. The van der Waals surface area contributed by atoms with Gasteiger partial charge in [-0.3, -0.25) is 0 Å². The Morgan fingerprint density at radius 1 is 0.947 bits per heavy atom. The average molecular weight is 260 g/mol. The fourth-order valence-electron chi connectivity index (χ4n) is 2.56. The summed E-state index contributed by atoms with van der Waals surface area (Å²) in [5.41, 5.74) is -0.670. The van der Waals surface area contributed by atoms with Gasteiger partial charge in [-0.1, -0.05) is 18.2 Å². The van der Waals surface area contributed by atoms with Gasteiger partial charge in [0, 0.05) is 0 Å². The number of nitrogens with one attached hydrogen (secondary N) is 2. The van der Waals surface area contributed by atoms with Crippen LogP contribution in [0.5, 0.6) is 0 Å². The summed E-state index contributed by atoms with van der Waals surface area (Å²) in [4.78, 5) is 24.4. The first-order valence-electron chi connectivity index (χ1n) is 6.16. The predicted octanol–water partition coefficient (Wildman–Crippen LogP) is 1.65. The van der Waals surface area contributed by atoms with Crippen molar-refractivity contribution in [1.82, 2.24) is 15.6 Å². The Balaban J connectivity index is 2.10. The third-order valence-electron chi connectivity index (χ3n) is 4.00. The second kappa shape index (κ2) is 3.40. The molecule has 1 aromatic carbocycles. The van der Waals surface area contributed by atoms with E-state index in [4.69, 9.17) is 0 Å². The minimum Gasteiger partial charge on any atom is -0.327 e. The smallest absolute Gasteiger partial charge is 0.327 e. The average Bonchev–Trinajstić information content (AvgIpc) is 2.70. The fourth-order valence-corrected chi connectivity index (χ4v) is 2.56. The van der Waals surface area contributed by atoms with Crippen LogP contribution in [0.1, 0.15) is 20.8 Å². The topological polar surface area (TPSA) is 64.7 Å². The highest BCUT2D eigenvalue weighted by molar-refractivity contribution is 6.00. The van der Waals surface area contributed by atoms with Crippen molar-refractivity contribution in [3.63, 3.8) is 0 Å². The Kier molecular flexibility index (Phi) is 2.12. The lowest BCUT2D eigenvalue weighted by Crippen LogP contribution is -2.60. The maximum atomic E-state index is 12.2. The number of nitrogens with zero attached hydrogens (tertiary/aromatic N) is 2. The van der Waals surface area contributed by atoms with E-state index in [0.29, 0.717) is 5.69 Å². The van der Waals surface area contributed by atoms with Crippen LogP contribution in [-0.2, 0) is 0 Å². The largest absolute Gasteiger partial charge is 0.343 e. The van der Waals surface area contributed by atoms with Crippen molar-refractivity contribution < 1.29 is 9.59 Å². The number of para-hydroxylation sites is 1. The van der Waals surface area contributed by atoms with Crippen molar-refractivity contribution >= 4 is 17.7 Å². The monoisotopic (exact) mass is 260 g/mol. The summed E-state index contributed by atoms with van der Waals surface area (Å²) in [5, 5.41) is 8.61. The SMILES string of the molecule is CC1(C)NC(=O)N2N(c3ccccc3)C(=O)N[C@@]21C. The summed E-state index contributed by atoms with van der Waals surface area (Å²) >= 11 is 0. The zero-order valence-electron chi connectivity index (χ0n) is 11.1. The van der Waals surface area contributed by atoms with E-state index < -0.39 is 11.2 Å². The van der Waals surface area contributed by atoms with Crippen LogP contribution in [0.4, 0.5) is 15.3 Å². The number of anilines is 1. The van der Waals surface area contributed by atoms with E-state index in [9.17, 15) is 9.59 Å². The van der Waals surface area contributed by atoms with Gasteiger partial charge in [-0.2, -0.15) is 10.0 Å². The van der Waals surface area contributed by atoms with E-state index in [-0.39, 0.29) is 12.1 Å². The van der Waals surface area contributed by atoms with Gasteiger partial charge in [-0.15, -0.1) is 0 Å². The van der Waals surface area contributed by atoms with Crippen LogP contribution < -0.4 is 15.6 Å². The van der Waals surface area contributed by atoms with Crippen LogP contribution in [0.2, 0.25) is 0 Å². The van der Waals surface area contributed by atoms with Crippen molar-refractivity contribution in [2.24, 2.45) is 0 Å². The molecule has 19 heavy (non-hydrogen) atoms. The van der Waals surface area contributed by atoms with E-state index in [1.165, 1.54) is 10.0 Å². The molecule has 1 aromatic rings. The number of carbonyl (C=O) groups excluding carboxylic acids is 2. The first-order chi connectivity index (χ1) is 8.87. The molecule has 1 atom stereocenters. The highest BCUT2D eigenvalue weighted by Crippen LogP contribution is 2.39. The van der Waals surface area contributed by atoms with E-state index in [1.54, 1.807) is 12.1 Å². The van der Waals surface area contributed by atoms with Crippen molar-refractivity contribution in [2.45, 2.75) is 32.0 Å². The molecule has 2 saturated heterocycles. The van der Waals surface area contributed by atoms with Gasteiger partial charge in [0.15, 0.2) is 5.66 Å². The molecule has 0 aromatic heterocycles. The summed E-state index contributed by atoms with van der Waals surface area (Å²) in [7, 11) is 0. The second-order valence-electron chi connectivity index (χ2n) is 5.52. The molecule has 0 saturated carbocycles. The van der Waals surface area contributed by atoms with Gasteiger partial charge in [0.1, 0.15) is 0 Å². The van der Waals surface area contributed by atoms with Gasteiger partial charge < -0.3 is 10.6 Å². The molecule has 2 aliphatic rings. The van der Waals surface area contributed by atoms with E-state index in [2.05, 4.69) is 10.6 Å². The van der Waals surface area contributed by atoms with Crippen molar-refractivity contribution in [3.8, 4) is 0 Å². The summed E-state index contributed by atoms with van der Waals surface area (Å²) < 4.78 is 0. The summed E-state index contributed by atoms with van der Waals surface area (Å²) in [6.07, 6.45) is 0. The third kappa shape index (κ3) is 1.36. The normalized spacial score (nSPS) is 28.2. The minimum atomic E-state index is -0.781. The molecule has 0 radical (unpaired) electrons. The zero-order chi connectivity index (χ0) is 13.8. The predicted molar refractivity (Wildman–Crippen MR) is 70.3 cm³/mol. The molecule has 2 heterocycles. The molecule has 2 N–H and O–H groups in total. The Labute approximate surface area is 111 Å². The van der Waals surface area contributed by atoms with Crippen molar-refractivity contribution in [1.29, 1.82) is 0 Å². The Hall–Kier alpha value is -2.24. The van der Waals surface area contributed by atoms with Crippen LogP contribution in [0.25, 0.3) is 0 Å². The van der Waals surface area contributed by atoms with Crippen LogP contribution >= 0.6 is 0 Å². The van der Waals surface area contributed by atoms with Crippen molar-refractivity contribution in [3.05, 3.63) is 30.3 Å². The lowest BCUT2D eigenvalue weighted by atomic mass is 9.91.